The summed E-state index contributed by atoms with van der Waals surface area (Å²) in [6, 6.07) is 0. The third kappa shape index (κ3) is 11.8. The van der Waals surface area contributed by atoms with E-state index in [0.29, 0.717) is 36.8 Å². The van der Waals surface area contributed by atoms with Gasteiger partial charge in [-0.05, 0) is 39.5 Å². The van der Waals surface area contributed by atoms with Crippen LogP contribution in [0.25, 0.3) is 0 Å². The molecule has 0 radical (unpaired) electrons. The Bertz CT molecular complexity index is 487. The van der Waals surface area contributed by atoms with Gasteiger partial charge < -0.3 is 18.9 Å². The molecule has 8 nitrogen and oxygen atoms in total. The third-order valence-electron chi connectivity index (χ3n) is 2.87. The predicted octanol–water partition coefficient (Wildman–Crippen LogP) is 1.87. The van der Waals surface area contributed by atoms with Gasteiger partial charge in [-0.15, -0.1) is 0 Å². The fraction of sp³-hybridized carbons (Fsp3) is 0.556. The monoisotopic (exact) mass is 370 g/mol. The number of hydrogen-bond donors (Lipinski definition) is 0. The topological polar surface area (TPSA) is 105 Å². The molecule has 0 bridgehead atoms. The average molecular weight is 370 g/mol. The second-order valence-electron chi connectivity index (χ2n) is 5.52. The van der Waals surface area contributed by atoms with Crippen molar-refractivity contribution in [2.24, 2.45) is 0 Å². The SMILES string of the molecule is C=C(C)C(=O)OCCCCOC(=O)C(=O)OCCCCOC(=O)C(=C)C. The third-order valence-corrected chi connectivity index (χ3v) is 2.87. The molecule has 0 saturated heterocycles. The van der Waals surface area contributed by atoms with Crippen LogP contribution >= 0.6 is 0 Å². The average Bonchev–Trinajstić information content (AvgIpc) is 2.59. The predicted molar refractivity (Wildman–Crippen MR) is 91.9 cm³/mol. The van der Waals surface area contributed by atoms with Crippen LogP contribution in [0, 0.1) is 0 Å². The highest BCUT2D eigenvalue weighted by Crippen LogP contribution is 1.99. The van der Waals surface area contributed by atoms with E-state index in [1.807, 2.05) is 0 Å². The molecule has 26 heavy (non-hydrogen) atoms. The van der Waals surface area contributed by atoms with Gasteiger partial charge in [0.2, 0.25) is 0 Å². The van der Waals surface area contributed by atoms with Crippen molar-refractivity contribution in [3.63, 3.8) is 0 Å². The van der Waals surface area contributed by atoms with Gasteiger partial charge in [0, 0.05) is 11.1 Å². The maximum atomic E-state index is 11.4. The van der Waals surface area contributed by atoms with Crippen LogP contribution in [0.1, 0.15) is 39.5 Å². The molecule has 0 rings (SSSR count). The minimum Gasteiger partial charge on any atom is -0.462 e. The molecular formula is C18H26O8. The minimum atomic E-state index is -1.07. The van der Waals surface area contributed by atoms with Crippen LogP contribution in [0.4, 0.5) is 0 Å². The highest BCUT2D eigenvalue weighted by molar-refractivity contribution is 6.29. The maximum Gasteiger partial charge on any atom is 0.417 e. The molecule has 0 aliphatic rings. The zero-order chi connectivity index (χ0) is 19.9. The first-order valence-corrected chi connectivity index (χ1v) is 8.24. The lowest BCUT2D eigenvalue weighted by molar-refractivity contribution is -0.167. The molecule has 0 amide bonds. The standard InChI is InChI=1S/C18H26O8/c1-13(2)15(19)23-9-5-7-11-25-17(21)18(22)26-12-8-6-10-24-16(20)14(3)4/h1,3,5-12H2,2,4H3. The lowest BCUT2D eigenvalue weighted by atomic mass is 10.3. The minimum absolute atomic E-state index is 0.0232. The van der Waals surface area contributed by atoms with E-state index in [4.69, 9.17) is 18.9 Å². The van der Waals surface area contributed by atoms with Crippen LogP contribution in [0.2, 0.25) is 0 Å². The maximum absolute atomic E-state index is 11.4. The van der Waals surface area contributed by atoms with Gasteiger partial charge >= 0.3 is 23.9 Å². The molecule has 146 valence electrons. The molecule has 0 aliphatic heterocycles. The second kappa shape index (κ2) is 13.6. The Kier molecular flexibility index (Phi) is 12.2. The smallest absolute Gasteiger partial charge is 0.417 e. The molecule has 0 aliphatic carbocycles. The van der Waals surface area contributed by atoms with Gasteiger partial charge in [0.05, 0.1) is 26.4 Å². The fourth-order valence-electron chi connectivity index (χ4n) is 1.43. The number of hydrogen-bond acceptors (Lipinski definition) is 8. The summed E-state index contributed by atoms with van der Waals surface area (Å²) < 4.78 is 19.2. The Morgan fingerprint density at radius 2 is 0.769 bits per heavy atom. The van der Waals surface area contributed by atoms with Crippen molar-refractivity contribution in [3.8, 4) is 0 Å². The summed E-state index contributed by atoms with van der Waals surface area (Å²) in [4.78, 5) is 45.0. The van der Waals surface area contributed by atoms with Gasteiger partial charge in [0.1, 0.15) is 0 Å². The van der Waals surface area contributed by atoms with E-state index < -0.39 is 23.9 Å². The van der Waals surface area contributed by atoms with Crippen molar-refractivity contribution >= 4 is 23.9 Å². The highest BCUT2D eigenvalue weighted by Gasteiger charge is 2.16. The molecule has 0 fully saturated rings. The van der Waals surface area contributed by atoms with E-state index in [9.17, 15) is 19.2 Å². The molecule has 8 heteroatoms. The summed E-state index contributed by atoms with van der Waals surface area (Å²) in [6.07, 6.45) is 1.86. The molecule has 0 saturated carbocycles. The quantitative estimate of drug-likeness (QED) is 0.169. The lowest BCUT2D eigenvalue weighted by Gasteiger charge is -2.07. The zero-order valence-electron chi connectivity index (χ0n) is 15.3. The number of unbranched alkanes of at least 4 members (excludes halogenated alkanes) is 2. The number of rotatable bonds is 12. The van der Waals surface area contributed by atoms with Crippen LogP contribution in [0.3, 0.4) is 0 Å². The first-order chi connectivity index (χ1) is 12.3. The van der Waals surface area contributed by atoms with Crippen molar-refractivity contribution in [1.29, 1.82) is 0 Å². The number of carbonyl (C=O) groups is 4. The first-order valence-electron chi connectivity index (χ1n) is 8.24. The van der Waals surface area contributed by atoms with Crippen molar-refractivity contribution in [3.05, 3.63) is 24.3 Å². The van der Waals surface area contributed by atoms with Crippen molar-refractivity contribution < 1.29 is 38.1 Å². The Balaban J connectivity index is 3.61. The molecule has 0 aromatic carbocycles. The van der Waals surface area contributed by atoms with Gasteiger partial charge in [-0.2, -0.15) is 0 Å². The number of carbonyl (C=O) groups excluding carboxylic acids is 4. The molecule has 0 unspecified atom stereocenters. The fourth-order valence-corrected chi connectivity index (χ4v) is 1.43. The Labute approximate surface area is 153 Å². The highest BCUT2D eigenvalue weighted by atomic mass is 16.6. The van der Waals surface area contributed by atoms with Gasteiger partial charge in [0.15, 0.2) is 0 Å². The summed E-state index contributed by atoms with van der Waals surface area (Å²) >= 11 is 0. The second-order valence-corrected chi connectivity index (χ2v) is 5.52. The van der Waals surface area contributed by atoms with E-state index in [1.54, 1.807) is 13.8 Å². The lowest BCUT2D eigenvalue weighted by Crippen LogP contribution is -2.21. The van der Waals surface area contributed by atoms with Crippen LogP contribution in [-0.2, 0) is 38.1 Å². The molecular weight excluding hydrogens is 344 g/mol. The van der Waals surface area contributed by atoms with E-state index in [0.717, 1.165) is 0 Å². The van der Waals surface area contributed by atoms with E-state index >= 15 is 0 Å². The molecule has 0 atom stereocenters. The van der Waals surface area contributed by atoms with Gasteiger partial charge in [-0.3, -0.25) is 0 Å². The summed E-state index contributed by atoms with van der Waals surface area (Å²) in [5.41, 5.74) is 0.626. The van der Waals surface area contributed by atoms with Gasteiger partial charge in [0.25, 0.3) is 0 Å². The normalized spacial score (nSPS) is 9.77. The van der Waals surface area contributed by atoms with E-state index in [2.05, 4.69) is 13.2 Å². The Hall–Kier alpha value is -2.64. The molecule has 0 aromatic heterocycles. The van der Waals surface area contributed by atoms with Crippen LogP contribution in [-0.4, -0.2) is 50.3 Å². The summed E-state index contributed by atoms with van der Waals surface area (Å²) in [7, 11) is 0. The van der Waals surface area contributed by atoms with Crippen molar-refractivity contribution in [1.82, 2.24) is 0 Å². The Morgan fingerprint density at radius 3 is 1.00 bits per heavy atom. The van der Waals surface area contributed by atoms with E-state index in [-0.39, 0.29) is 26.4 Å². The van der Waals surface area contributed by atoms with Crippen molar-refractivity contribution in [2.75, 3.05) is 26.4 Å². The van der Waals surface area contributed by atoms with E-state index in [1.165, 1.54) is 0 Å². The summed E-state index contributed by atoms with van der Waals surface area (Å²) in [6.45, 7) is 10.4. The molecule has 0 aromatic rings. The summed E-state index contributed by atoms with van der Waals surface area (Å²) in [5, 5.41) is 0. The molecule has 0 spiro atoms. The zero-order valence-corrected chi connectivity index (χ0v) is 15.3. The number of esters is 4. The largest absolute Gasteiger partial charge is 0.462 e. The van der Waals surface area contributed by atoms with Gasteiger partial charge in [-0.1, -0.05) is 13.2 Å². The summed E-state index contributed by atoms with van der Waals surface area (Å²) in [5.74, 6) is -3.09. The van der Waals surface area contributed by atoms with Crippen molar-refractivity contribution in [2.45, 2.75) is 39.5 Å². The van der Waals surface area contributed by atoms with Crippen LogP contribution in [0.5, 0.6) is 0 Å². The van der Waals surface area contributed by atoms with Crippen LogP contribution < -0.4 is 0 Å². The molecule has 0 heterocycles. The molecule has 0 N–H and O–H groups in total. The van der Waals surface area contributed by atoms with Crippen LogP contribution in [0.15, 0.2) is 24.3 Å². The number of ether oxygens (including phenoxy) is 4. The Morgan fingerprint density at radius 1 is 0.538 bits per heavy atom. The van der Waals surface area contributed by atoms with Gasteiger partial charge in [-0.25, -0.2) is 19.2 Å². The first kappa shape index (κ1) is 23.4.